The number of hydrogen-bond acceptors (Lipinski definition) is 5. The van der Waals surface area contributed by atoms with Crippen molar-refractivity contribution >= 4 is 46.0 Å². The van der Waals surface area contributed by atoms with Crippen LogP contribution < -0.4 is 10.9 Å². The molecule has 0 aliphatic rings. The van der Waals surface area contributed by atoms with Crippen LogP contribution >= 0.6 is 23.4 Å². The first-order chi connectivity index (χ1) is 16.3. The molecule has 0 aliphatic carbocycles. The predicted molar refractivity (Wildman–Crippen MR) is 133 cm³/mol. The third-order valence-corrected chi connectivity index (χ3v) is 6.71. The van der Waals surface area contributed by atoms with Crippen LogP contribution in [0, 0.1) is 19.7 Å². The number of benzene rings is 2. The second kappa shape index (κ2) is 9.99. The first-order valence-electron chi connectivity index (χ1n) is 10.7. The number of rotatable bonds is 7. The van der Waals surface area contributed by atoms with Gasteiger partial charge < -0.3 is 5.32 Å². The lowest BCUT2D eigenvalue weighted by molar-refractivity contribution is -0.113. The molecule has 2 aromatic heterocycles. The summed E-state index contributed by atoms with van der Waals surface area (Å²) in [6, 6.07) is 11.2. The van der Waals surface area contributed by atoms with Gasteiger partial charge in [0, 0.05) is 17.3 Å². The first kappa shape index (κ1) is 24.0. The van der Waals surface area contributed by atoms with Gasteiger partial charge in [-0.1, -0.05) is 41.6 Å². The molecule has 0 saturated heterocycles. The Morgan fingerprint density at radius 1 is 1.18 bits per heavy atom. The quantitative estimate of drug-likeness (QED) is 0.292. The minimum absolute atomic E-state index is 0.0355. The molecule has 0 spiro atoms. The number of aromatic nitrogens is 4. The Hall–Kier alpha value is -3.17. The van der Waals surface area contributed by atoms with Crippen LogP contribution in [0.3, 0.4) is 0 Å². The highest BCUT2D eigenvalue weighted by molar-refractivity contribution is 7.99. The number of fused-ring (bicyclic) bond motifs is 1. The van der Waals surface area contributed by atoms with Crippen LogP contribution in [0.25, 0.3) is 11.0 Å². The average Bonchev–Trinajstić information content (AvgIpc) is 3.14. The SMILES string of the molecule is CCn1nc(C)c2nc(SCC(=O)Nc3ccc(C)c(Cl)c3)n(Cc3ccc(F)cc3)c(=O)c21. The molecule has 0 atom stereocenters. The van der Waals surface area contributed by atoms with Gasteiger partial charge in [0.15, 0.2) is 10.7 Å². The smallest absolute Gasteiger partial charge is 0.280 e. The molecule has 2 heterocycles. The number of hydrogen-bond donors (Lipinski definition) is 1. The maximum Gasteiger partial charge on any atom is 0.280 e. The van der Waals surface area contributed by atoms with Crippen molar-refractivity contribution in [3.05, 3.63) is 80.5 Å². The zero-order valence-electron chi connectivity index (χ0n) is 18.9. The number of halogens is 2. The highest BCUT2D eigenvalue weighted by Gasteiger charge is 2.19. The standard InChI is InChI=1S/C24H23ClFN5O2S/c1-4-31-22-21(15(3)29-31)28-24(30(23(22)33)12-16-6-8-17(26)9-7-16)34-13-20(32)27-18-10-5-14(2)19(25)11-18/h5-11H,4,12-13H2,1-3H3,(H,27,32). The van der Waals surface area contributed by atoms with Crippen molar-refractivity contribution in [2.45, 2.75) is 39.0 Å². The summed E-state index contributed by atoms with van der Waals surface area (Å²) in [7, 11) is 0. The van der Waals surface area contributed by atoms with Crippen LogP contribution in [0.1, 0.15) is 23.7 Å². The summed E-state index contributed by atoms with van der Waals surface area (Å²) in [6.45, 7) is 6.29. The molecule has 0 saturated carbocycles. The first-order valence-corrected chi connectivity index (χ1v) is 12.0. The van der Waals surface area contributed by atoms with Gasteiger partial charge in [0.2, 0.25) is 5.91 Å². The molecule has 0 fully saturated rings. The Labute approximate surface area is 205 Å². The van der Waals surface area contributed by atoms with Gasteiger partial charge in [-0.05, 0) is 56.2 Å². The van der Waals surface area contributed by atoms with E-state index in [9.17, 15) is 14.0 Å². The number of carbonyl (C=O) groups is 1. The van der Waals surface area contributed by atoms with Gasteiger partial charge >= 0.3 is 0 Å². The summed E-state index contributed by atoms with van der Waals surface area (Å²) in [4.78, 5) is 30.8. The minimum atomic E-state index is -0.355. The van der Waals surface area contributed by atoms with Gasteiger partial charge in [0.1, 0.15) is 11.3 Å². The Kier molecular flexibility index (Phi) is 7.04. The minimum Gasteiger partial charge on any atom is -0.325 e. The molecule has 4 aromatic rings. The number of amides is 1. The highest BCUT2D eigenvalue weighted by atomic mass is 35.5. The second-order valence-corrected chi connectivity index (χ2v) is 9.16. The van der Waals surface area contributed by atoms with E-state index in [4.69, 9.17) is 11.6 Å². The zero-order chi connectivity index (χ0) is 24.4. The molecule has 34 heavy (non-hydrogen) atoms. The Morgan fingerprint density at radius 2 is 1.91 bits per heavy atom. The molecule has 0 radical (unpaired) electrons. The van der Waals surface area contributed by atoms with Crippen molar-refractivity contribution < 1.29 is 9.18 Å². The molecule has 1 N–H and O–H groups in total. The number of nitrogens with zero attached hydrogens (tertiary/aromatic N) is 4. The average molecular weight is 500 g/mol. The molecule has 4 rings (SSSR count). The Bertz CT molecular complexity index is 1430. The van der Waals surface area contributed by atoms with Gasteiger partial charge in [0.25, 0.3) is 5.56 Å². The highest BCUT2D eigenvalue weighted by Crippen LogP contribution is 2.23. The van der Waals surface area contributed by atoms with E-state index in [2.05, 4.69) is 15.4 Å². The van der Waals surface area contributed by atoms with E-state index in [0.29, 0.717) is 39.1 Å². The molecule has 7 nitrogen and oxygen atoms in total. The third-order valence-electron chi connectivity index (χ3n) is 5.32. The Balaban J connectivity index is 1.66. The van der Waals surface area contributed by atoms with Crippen LogP contribution in [0.5, 0.6) is 0 Å². The molecule has 1 amide bonds. The normalized spacial score (nSPS) is 11.2. The van der Waals surface area contributed by atoms with Crippen LogP contribution in [0.15, 0.2) is 52.4 Å². The maximum atomic E-state index is 13.5. The van der Waals surface area contributed by atoms with E-state index < -0.39 is 0 Å². The molecule has 0 aliphatic heterocycles. The summed E-state index contributed by atoms with van der Waals surface area (Å²) < 4.78 is 16.5. The van der Waals surface area contributed by atoms with Crippen molar-refractivity contribution in [3.8, 4) is 0 Å². The van der Waals surface area contributed by atoms with Crippen molar-refractivity contribution in [2.24, 2.45) is 0 Å². The molecule has 10 heteroatoms. The number of carbonyl (C=O) groups excluding carboxylic acids is 1. The molecular formula is C24H23ClFN5O2S. The van der Waals surface area contributed by atoms with E-state index in [1.54, 1.807) is 35.9 Å². The van der Waals surface area contributed by atoms with E-state index in [-0.39, 0.29) is 29.6 Å². The van der Waals surface area contributed by atoms with Crippen molar-refractivity contribution in [1.82, 2.24) is 19.3 Å². The molecule has 176 valence electrons. The summed E-state index contributed by atoms with van der Waals surface area (Å²) in [5, 5.41) is 8.19. The zero-order valence-corrected chi connectivity index (χ0v) is 20.5. The third kappa shape index (κ3) is 5.00. The second-order valence-electron chi connectivity index (χ2n) is 7.81. The van der Waals surface area contributed by atoms with E-state index >= 15 is 0 Å². The lowest BCUT2D eigenvalue weighted by Gasteiger charge is -2.13. The van der Waals surface area contributed by atoms with Gasteiger partial charge in [-0.2, -0.15) is 5.10 Å². The lowest BCUT2D eigenvalue weighted by atomic mass is 10.2. The summed E-state index contributed by atoms with van der Waals surface area (Å²) in [5.74, 6) is -0.575. The van der Waals surface area contributed by atoms with Crippen molar-refractivity contribution in [3.63, 3.8) is 0 Å². The van der Waals surface area contributed by atoms with Gasteiger partial charge in [-0.15, -0.1) is 0 Å². The van der Waals surface area contributed by atoms with Crippen LogP contribution in [0.4, 0.5) is 10.1 Å². The number of nitrogens with one attached hydrogen (secondary N) is 1. The van der Waals surface area contributed by atoms with Crippen LogP contribution in [0.2, 0.25) is 5.02 Å². The number of thioether (sulfide) groups is 1. The molecule has 0 unspecified atom stereocenters. The largest absolute Gasteiger partial charge is 0.325 e. The summed E-state index contributed by atoms with van der Waals surface area (Å²) >= 11 is 7.30. The van der Waals surface area contributed by atoms with Crippen LogP contribution in [-0.2, 0) is 17.9 Å². The lowest BCUT2D eigenvalue weighted by Crippen LogP contribution is -2.26. The monoisotopic (exact) mass is 499 g/mol. The maximum absolute atomic E-state index is 13.5. The van der Waals surface area contributed by atoms with Crippen molar-refractivity contribution in [2.75, 3.05) is 11.1 Å². The van der Waals surface area contributed by atoms with E-state index in [1.165, 1.54) is 16.7 Å². The fourth-order valence-corrected chi connectivity index (χ4v) is 4.51. The fraction of sp³-hybridized carbons (Fsp3) is 0.250. The van der Waals surface area contributed by atoms with Crippen LogP contribution in [-0.4, -0.2) is 31.0 Å². The van der Waals surface area contributed by atoms with Gasteiger partial charge in [-0.3, -0.25) is 18.8 Å². The topological polar surface area (TPSA) is 81.8 Å². The fourth-order valence-electron chi connectivity index (χ4n) is 3.54. The summed E-state index contributed by atoms with van der Waals surface area (Å²) in [5.41, 5.74) is 3.55. The number of anilines is 1. The molecular weight excluding hydrogens is 477 g/mol. The van der Waals surface area contributed by atoms with E-state index in [1.807, 2.05) is 19.9 Å². The molecule has 2 aromatic carbocycles. The summed E-state index contributed by atoms with van der Waals surface area (Å²) in [6.07, 6.45) is 0. The predicted octanol–water partition coefficient (Wildman–Crippen LogP) is 4.80. The van der Waals surface area contributed by atoms with E-state index in [0.717, 1.165) is 22.9 Å². The number of aryl methyl sites for hydroxylation is 3. The Morgan fingerprint density at radius 3 is 2.59 bits per heavy atom. The van der Waals surface area contributed by atoms with Gasteiger partial charge in [0.05, 0.1) is 18.0 Å². The molecule has 0 bridgehead atoms. The van der Waals surface area contributed by atoms with Crippen molar-refractivity contribution in [1.29, 1.82) is 0 Å². The van der Waals surface area contributed by atoms with Gasteiger partial charge in [-0.25, -0.2) is 9.37 Å².